The Morgan fingerprint density at radius 3 is 2.56 bits per heavy atom. The van der Waals surface area contributed by atoms with Gasteiger partial charge >= 0.3 is 5.97 Å². The van der Waals surface area contributed by atoms with Gasteiger partial charge in [-0.05, 0) is 91.6 Å². The van der Waals surface area contributed by atoms with Crippen molar-refractivity contribution in [2.75, 3.05) is 31.8 Å². The molecule has 0 saturated carbocycles. The summed E-state index contributed by atoms with van der Waals surface area (Å²) >= 11 is 0. The van der Waals surface area contributed by atoms with Crippen LogP contribution in [0.3, 0.4) is 0 Å². The lowest BCUT2D eigenvalue weighted by Gasteiger charge is -2.31. The van der Waals surface area contributed by atoms with Crippen molar-refractivity contribution >= 4 is 16.8 Å². The zero-order chi connectivity index (χ0) is 30.3. The summed E-state index contributed by atoms with van der Waals surface area (Å²) in [4.78, 5) is 11.8. The second kappa shape index (κ2) is 11.9. The van der Waals surface area contributed by atoms with Gasteiger partial charge in [-0.1, -0.05) is 12.1 Å². The first kappa shape index (κ1) is 29.6. The van der Waals surface area contributed by atoms with Crippen LogP contribution in [-0.2, 0) is 26.8 Å². The summed E-state index contributed by atoms with van der Waals surface area (Å²) < 4.78 is 50.1. The first-order valence-electron chi connectivity index (χ1n) is 14.8. The van der Waals surface area contributed by atoms with Crippen molar-refractivity contribution in [3.63, 3.8) is 0 Å². The molecule has 6 rings (SSSR count). The maximum atomic E-state index is 15.4. The molecule has 3 aromatic rings. The van der Waals surface area contributed by atoms with E-state index in [0.29, 0.717) is 66.6 Å². The maximum absolute atomic E-state index is 15.4. The monoisotopic (exact) mass is 608 g/mol. The summed E-state index contributed by atoms with van der Waals surface area (Å²) in [6.07, 6.45) is 2.08. The van der Waals surface area contributed by atoms with Gasteiger partial charge in [-0.2, -0.15) is 0 Å². The van der Waals surface area contributed by atoms with Crippen LogP contribution in [-0.4, -0.2) is 52.7 Å². The number of hydrogen-bond donors (Lipinski definition) is 1. The van der Waals surface area contributed by atoms with Crippen molar-refractivity contribution < 1.29 is 37.4 Å². The van der Waals surface area contributed by atoms with E-state index in [2.05, 4.69) is 0 Å². The average Bonchev–Trinajstić information content (AvgIpc) is 3.59. The molecule has 0 amide bonds. The molecule has 7 nitrogen and oxygen atoms in total. The van der Waals surface area contributed by atoms with Crippen LogP contribution in [0.5, 0.6) is 17.2 Å². The van der Waals surface area contributed by atoms with Gasteiger partial charge in [-0.15, -0.1) is 0 Å². The molecule has 2 atom stereocenters. The predicted molar refractivity (Wildman–Crippen MR) is 162 cm³/mol. The van der Waals surface area contributed by atoms with Gasteiger partial charge in [0.1, 0.15) is 41.4 Å². The Morgan fingerprint density at radius 2 is 1.84 bits per heavy atom. The quantitative estimate of drug-likeness (QED) is 0.320. The van der Waals surface area contributed by atoms with Gasteiger partial charge < -0.3 is 24.1 Å². The summed E-state index contributed by atoms with van der Waals surface area (Å²) in [6, 6.07) is 12.9. The Balaban J connectivity index is 1.21. The summed E-state index contributed by atoms with van der Waals surface area (Å²) in [5.74, 6) is 2.32. The van der Waals surface area contributed by atoms with Crippen LogP contribution in [0.1, 0.15) is 65.5 Å². The minimum absolute atomic E-state index is 0.0594. The number of halogens is 1. The lowest BCUT2D eigenvalue weighted by atomic mass is 9.90. The van der Waals surface area contributed by atoms with Gasteiger partial charge in [0.15, 0.2) is 0 Å². The second-order valence-electron chi connectivity index (χ2n) is 11.9. The second-order valence-corrected chi connectivity index (χ2v) is 13.6. The number of benzene rings is 3. The van der Waals surface area contributed by atoms with Crippen LogP contribution in [0.4, 0.5) is 4.39 Å². The van der Waals surface area contributed by atoms with Crippen molar-refractivity contribution in [2.45, 2.75) is 63.6 Å². The molecule has 1 aliphatic carbocycles. The molecule has 3 aromatic carbocycles. The van der Waals surface area contributed by atoms with E-state index in [9.17, 15) is 14.1 Å². The van der Waals surface area contributed by atoms with Gasteiger partial charge in [0.25, 0.3) is 0 Å². The standard InChI is InChI=1S/C34H37FO7S/c1-20-14-24(41-19-34(37)10-12-43(38)13-11-34)15-21(2)32(20)26-6-8-28(35)33-27(26)7-9-29(33)42-23-4-5-25-22(16-31(36)39-3)18-40-30(25)17-23/h4-6,8,14-15,17,22,29,37H,7,9-13,16,18-19H2,1-3H3. The fourth-order valence-corrected chi connectivity index (χ4v) is 8.02. The Kier molecular flexibility index (Phi) is 8.22. The largest absolute Gasteiger partial charge is 0.492 e. The molecule has 0 bridgehead atoms. The number of aryl methyl sites for hydroxylation is 2. The average molecular weight is 609 g/mol. The number of hydrogen-bond acceptors (Lipinski definition) is 7. The molecule has 0 radical (unpaired) electrons. The molecule has 9 heteroatoms. The van der Waals surface area contributed by atoms with Gasteiger partial charge in [0.2, 0.25) is 0 Å². The molecule has 2 aliphatic heterocycles. The molecule has 228 valence electrons. The molecule has 1 saturated heterocycles. The third-order valence-electron chi connectivity index (χ3n) is 8.94. The Hall–Kier alpha value is -3.43. The van der Waals surface area contributed by atoms with Crippen LogP contribution < -0.4 is 14.2 Å². The van der Waals surface area contributed by atoms with E-state index in [1.165, 1.54) is 13.2 Å². The number of fused-ring (bicyclic) bond motifs is 2. The third kappa shape index (κ3) is 6.02. The van der Waals surface area contributed by atoms with Crippen LogP contribution in [0.25, 0.3) is 11.1 Å². The lowest BCUT2D eigenvalue weighted by Crippen LogP contribution is -2.42. The molecule has 0 aromatic heterocycles. The van der Waals surface area contributed by atoms with Crippen LogP contribution >= 0.6 is 0 Å². The van der Waals surface area contributed by atoms with Crippen molar-refractivity contribution in [1.29, 1.82) is 0 Å². The highest BCUT2D eigenvalue weighted by Crippen LogP contribution is 2.45. The van der Waals surface area contributed by atoms with E-state index in [1.807, 2.05) is 50.2 Å². The molecule has 43 heavy (non-hydrogen) atoms. The molecule has 2 unspecified atom stereocenters. The number of methoxy groups -OCH3 is 1. The number of esters is 1. The fourth-order valence-electron chi connectivity index (χ4n) is 6.60. The normalized spacial score (nSPS) is 24.2. The zero-order valence-corrected chi connectivity index (χ0v) is 25.6. The first-order valence-corrected chi connectivity index (χ1v) is 16.3. The smallest absolute Gasteiger partial charge is 0.306 e. The topological polar surface area (TPSA) is 91.3 Å². The minimum Gasteiger partial charge on any atom is -0.492 e. The van der Waals surface area contributed by atoms with E-state index in [-0.39, 0.29) is 30.7 Å². The van der Waals surface area contributed by atoms with Crippen LogP contribution in [0, 0.1) is 19.7 Å². The van der Waals surface area contributed by atoms with Crippen molar-refractivity contribution in [2.24, 2.45) is 0 Å². The van der Waals surface area contributed by atoms with Gasteiger partial charge in [0, 0.05) is 45.4 Å². The Bertz CT molecular complexity index is 1550. The lowest BCUT2D eigenvalue weighted by molar-refractivity contribution is -0.141. The summed E-state index contributed by atoms with van der Waals surface area (Å²) in [5, 5.41) is 10.9. The highest BCUT2D eigenvalue weighted by atomic mass is 32.2. The molecule has 1 N–H and O–H groups in total. The molecule has 2 heterocycles. The first-order chi connectivity index (χ1) is 20.6. The van der Waals surface area contributed by atoms with Crippen molar-refractivity contribution in [3.05, 3.63) is 76.1 Å². The number of aliphatic hydroxyl groups is 1. The molecule has 1 fully saturated rings. The summed E-state index contributed by atoms with van der Waals surface area (Å²) in [7, 11) is 0.521. The molecular formula is C34H37FO7S. The summed E-state index contributed by atoms with van der Waals surface area (Å²) in [6.45, 7) is 4.60. The minimum atomic E-state index is -0.961. The SMILES string of the molecule is COC(=O)CC1COc2cc(OC3CCc4c(-c5c(C)cc(OCC6(O)CCS(=O)CC6)cc5C)ccc(F)c43)ccc21. The predicted octanol–water partition coefficient (Wildman–Crippen LogP) is 5.87. The van der Waals surface area contributed by atoms with Crippen molar-refractivity contribution in [3.8, 4) is 28.4 Å². The highest BCUT2D eigenvalue weighted by molar-refractivity contribution is 7.85. The number of carbonyl (C=O) groups is 1. The number of carbonyl (C=O) groups excluding carboxylic acids is 1. The van der Waals surface area contributed by atoms with E-state index in [0.717, 1.165) is 33.4 Å². The Morgan fingerprint density at radius 1 is 1.09 bits per heavy atom. The van der Waals surface area contributed by atoms with Crippen LogP contribution in [0.2, 0.25) is 0 Å². The van der Waals surface area contributed by atoms with E-state index >= 15 is 4.39 Å². The number of rotatable bonds is 8. The third-order valence-corrected chi connectivity index (χ3v) is 10.3. The molecular weight excluding hydrogens is 571 g/mol. The maximum Gasteiger partial charge on any atom is 0.306 e. The molecule has 3 aliphatic rings. The zero-order valence-electron chi connectivity index (χ0n) is 24.7. The van der Waals surface area contributed by atoms with Gasteiger partial charge in [0.05, 0.1) is 20.1 Å². The summed E-state index contributed by atoms with van der Waals surface area (Å²) in [5.41, 5.74) is 5.55. The molecule has 0 spiro atoms. The van der Waals surface area contributed by atoms with Gasteiger partial charge in [-0.25, -0.2) is 4.39 Å². The highest BCUT2D eigenvalue weighted by Gasteiger charge is 2.34. The van der Waals surface area contributed by atoms with E-state index in [1.54, 1.807) is 0 Å². The Labute approximate surface area is 253 Å². The van der Waals surface area contributed by atoms with E-state index in [4.69, 9.17) is 18.9 Å². The number of ether oxygens (including phenoxy) is 4. The van der Waals surface area contributed by atoms with E-state index < -0.39 is 22.5 Å². The fraction of sp³-hybridized carbons (Fsp3) is 0.441. The van der Waals surface area contributed by atoms with Crippen LogP contribution in [0.15, 0.2) is 42.5 Å². The van der Waals surface area contributed by atoms with Crippen molar-refractivity contribution in [1.82, 2.24) is 0 Å². The van der Waals surface area contributed by atoms with Gasteiger partial charge in [-0.3, -0.25) is 9.00 Å².